The van der Waals surface area contributed by atoms with Crippen LogP contribution in [0.5, 0.6) is 0 Å². The Morgan fingerprint density at radius 1 is 1.14 bits per heavy atom. The number of aromatic nitrogens is 3. The van der Waals surface area contributed by atoms with Crippen molar-refractivity contribution < 1.29 is 0 Å². The number of nitrogens with one attached hydrogen (secondary N) is 2. The molecular formula is C17H19ClN4. The molecule has 0 unspecified atom stereocenters. The molecular weight excluding hydrogens is 296 g/mol. The van der Waals surface area contributed by atoms with Crippen molar-refractivity contribution in [1.82, 2.24) is 15.0 Å². The minimum Gasteiger partial charge on any atom is -0.365 e. The lowest BCUT2D eigenvalue weighted by atomic mass is 10.1. The monoisotopic (exact) mass is 314 g/mol. The normalized spacial score (nSPS) is 11.9. The molecule has 0 atom stereocenters. The average Bonchev–Trinajstić information content (AvgIpc) is 2.77. The number of aryl methyl sites for hydroxylation is 1. The molecule has 3 aromatic rings. The summed E-state index contributed by atoms with van der Waals surface area (Å²) in [5.41, 5.74) is 2.70. The fourth-order valence-electron chi connectivity index (χ4n) is 2.35. The molecule has 0 aliphatic heterocycles. The average molecular weight is 315 g/mol. The number of benzene rings is 1. The Labute approximate surface area is 134 Å². The lowest BCUT2D eigenvalue weighted by Crippen LogP contribution is -2.27. The second-order valence-electron chi connectivity index (χ2n) is 6.50. The summed E-state index contributed by atoms with van der Waals surface area (Å²) in [6, 6.07) is 9.65. The Morgan fingerprint density at radius 2 is 1.91 bits per heavy atom. The number of fused-ring (bicyclic) bond motifs is 1. The zero-order valence-corrected chi connectivity index (χ0v) is 13.9. The highest BCUT2D eigenvalue weighted by Crippen LogP contribution is 2.28. The number of hydrogen-bond acceptors (Lipinski definition) is 3. The summed E-state index contributed by atoms with van der Waals surface area (Å²) < 4.78 is 0. The first-order valence-corrected chi connectivity index (χ1v) is 7.61. The molecule has 0 saturated carbocycles. The number of nitrogens with zero attached hydrogens (tertiary/aromatic N) is 2. The van der Waals surface area contributed by atoms with Crippen molar-refractivity contribution in [3.05, 3.63) is 41.0 Å². The van der Waals surface area contributed by atoms with Crippen LogP contribution in [0.2, 0.25) is 5.02 Å². The van der Waals surface area contributed by atoms with Gasteiger partial charge in [-0.3, -0.25) is 0 Å². The van der Waals surface area contributed by atoms with Gasteiger partial charge in [-0.2, -0.15) is 0 Å². The van der Waals surface area contributed by atoms with Crippen LogP contribution >= 0.6 is 11.6 Å². The zero-order chi connectivity index (χ0) is 15.9. The standard InChI is InChI=1S/C17H19ClN4/c1-10-8-13-15(19-10)20-14(11-6-5-7-12(18)9-11)21-16(13)22-17(2,3)4/h5-9H,1-4H3,(H2,19,20,21,22). The molecule has 1 aromatic carbocycles. The molecule has 2 heterocycles. The number of hydrogen-bond donors (Lipinski definition) is 2. The fourth-order valence-corrected chi connectivity index (χ4v) is 2.54. The van der Waals surface area contributed by atoms with Gasteiger partial charge in [0, 0.05) is 21.8 Å². The molecule has 0 saturated heterocycles. The van der Waals surface area contributed by atoms with Crippen LogP contribution in [0, 0.1) is 6.92 Å². The SMILES string of the molecule is Cc1cc2c(NC(C)(C)C)nc(-c3cccc(Cl)c3)nc2[nH]1. The summed E-state index contributed by atoms with van der Waals surface area (Å²) in [7, 11) is 0. The third kappa shape index (κ3) is 3.07. The van der Waals surface area contributed by atoms with Crippen molar-refractivity contribution in [3.8, 4) is 11.4 Å². The van der Waals surface area contributed by atoms with Crippen LogP contribution in [0.3, 0.4) is 0 Å². The Balaban J connectivity index is 2.20. The first-order chi connectivity index (χ1) is 10.3. The van der Waals surface area contributed by atoms with Crippen LogP contribution in [0.15, 0.2) is 30.3 Å². The lowest BCUT2D eigenvalue weighted by Gasteiger charge is -2.22. The summed E-state index contributed by atoms with van der Waals surface area (Å²) in [5.74, 6) is 1.49. The van der Waals surface area contributed by atoms with Crippen molar-refractivity contribution in [2.75, 3.05) is 5.32 Å². The first-order valence-electron chi connectivity index (χ1n) is 7.23. The maximum Gasteiger partial charge on any atom is 0.163 e. The molecule has 4 nitrogen and oxygen atoms in total. The van der Waals surface area contributed by atoms with Gasteiger partial charge >= 0.3 is 0 Å². The lowest BCUT2D eigenvalue weighted by molar-refractivity contribution is 0.631. The number of halogens is 1. The molecule has 0 bridgehead atoms. The molecule has 0 radical (unpaired) electrons. The summed E-state index contributed by atoms with van der Waals surface area (Å²) in [5, 5.41) is 5.13. The quantitative estimate of drug-likeness (QED) is 0.714. The predicted octanol–water partition coefficient (Wildman–Crippen LogP) is 4.80. The summed E-state index contributed by atoms with van der Waals surface area (Å²) in [6.45, 7) is 8.35. The van der Waals surface area contributed by atoms with Crippen LogP contribution in [-0.2, 0) is 0 Å². The molecule has 0 amide bonds. The highest BCUT2D eigenvalue weighted by atomic mass is 35.5. The minimum atomic E-state index is -0.0853. The van der Waals surface area contributed by atoms with Crippen LogP contribution in [0.1, 0.15) is 26.5 Å². The Bertz CT molecular complexity index is 830. The summed E-state index contributed by atoms with van der Waals surface area (Å²) in [6.07, 6.45) is 0. The van der Waals surface area contributed by atoms with Crippen molar-refractivity contribution in [2.45, 2.75) is 33.2 Å². The van der Waals surface area contributed by atoms with Crippen molar-refractivity contribution >= 4 is 28.5 Å². The molecule has 114 valence electrons. The minimum absolute atomic E-state index is 0.0853. The molecule has 0 fully saturated rings. The number of H-pyrrole nitrogens is 1. The van der Waals surface area contributed by atoms with E-state index in [9.17, 15) is 0 Å². The van der Waals surface area contributed by atoms with E-state index in [1.54, 1.807) is 0 Å². The zero-order valence-electron chi connectivity index (χ0n) is 13.2. The van der Waals surface area contributed by atoms with Crippen LogP contribution in [0.25, 0.3) is 22.4 Å². The van der Waals surface area contributed by atoms with Gasteiger partial charge in [0.15, 0.2) is 5.82 Å². The molecule has 0 spiro atoms. The maximum absolute atomic E-state index is 6.08. The molecule has 2 aromatic heterocycles. The number of rotatable bonds is 2. The van der Waals surface area contributed by atoms with E-state index in [1.807, 2.05) is 31.2 Å². The van der Waals surface area contributed by atoms with Gasteiger partial charge < -0.3 is 10.3 Å². The third-order valence-electron chi connectivity index (χ3n) is 3.20. The number of anilines is 1. The van der Waals surface area contributed by atoms with Crippen LogP contribution < -0.4 is 5.32 Å². The van der Waals surface area contributed by atoms with Gasteiger partial charge in [-0.1, -0.05) is 23.7 Å². The van der Waals surface area contributed by atoms with Gasteiger partial charge in [-0.25, -0.2) is 9.97 Å². The van der Waals surface area contributed by atoms with E-state index in [1.165, 1.54) is 0 Å². The third-order valence-corrected chi connectivity index (χ3v) is 3.43. The highest BCUT2D eigenvalue weighted by molar-refractivity contribution is 6.30. The molecule has 5 heteroatoms. The molecule has 2 N–H and O–H groups in total. The maximum atomic E-state index is 6.08. The van der Waals surface area contributed by atoms with Crippen molar-refractivity contribution in [2.24, 2.45) is 0 Å². The topological polar surface area (TPSA) is 53.6 Å². The first kappa shape index (κ1) is 14.9. The summed E-state index contributed by atoms with van der Waals surface area (Å²) in [4.78, 5) is 12.6. The van der Waals surface area contributed by atoms with Gasteiger partial charge in [0.2, 0.25) is 0 Å². The van der Waals surface area contributed by atoms with Gasteiger partial charge in [-0.15, -0.1) is 0 Å². The molecule has 0 aliphatic rings. The molecule has 22 heavy (non-hydrogen) atoms. The molecule has 3 rings (SSSR count). The second kappa shape index (κ2) is 5.29. The Kier molecular flexibility index (Phi) is 3.57. The fraction of sp³-hybridized carbons (Fsp3) is 0.294. The van der Waals surface area contributed by atoms with Gasteiger partial charge in [0.1, 0.15) is 11.5 Å². The van der Waals surface area contributed by atoms with E-state index in [2.05, 4.69) is 42.1 Å². The summed E-state index contributed by atoms with van der Waals surface area (Å²) >= 11 is 6.08. The van der Waals surface area contributed by atoms with Crippen LogP contribution in [0.4, 0.5) is 5.82 Å². The van der Waals surface area contributed by atoms with Gasteiger partial charge in [0.25, 0.3) is 0 Å². The van der Waals surface area contributed by atoms with E-state index in [-0.39, 0.29) is 5.54 Å². The van der Waals surface area contributed by atoms with E-state index >= 15 is 0 Å². The van der Waals surface area contributed by atoms with E-state index in [4.69, 9.17) is 16.6 Å². The van der Waals surface area contributed by atoms with Gasteiger partial charge in [0.05, 0.1) is 5.39 Å². The second-order valence-corrected chi connectivity index (χ2v) is 6.93. The smallest absolute Gasteiger partial charge is 0.163 e. The van der Waals surface area contributed by atoms with E-state index in [0.717, 1.165) is 28.1 Å². The van der Waals surface area contributed by atoms with Crippen LogP contribution in [-0.4, -0.2) is 20.5 Å². The predicted molar refractivity (Wildman–Crippen MR) is 92.4 cm³/mol. The molecule has 0 aliphatic carbocycles. The van der Waals surface area contributed by atoms with Gasteiger partial charge in [-0.05, 0) is 45.9 Å². The number of aromatic amines is 1. The van der Waals surface area contributed by atoms with E-state index in [0.29, 0.717) is 10.8 Å². The van der Waals surface area contributed by atoms with Crippen molar-refractivity contribution in [3.63, 3.8) is 0 Å². The Hall–Kier alpha value is -2.07. The largest absolute Gasteiger partial charge is 0.365 e. The van der Waals surface area contributed by atoms with E-state index < -0.39 is 0 Å². The Morgan fingerprint density at radius 3 is 2.59 bits per heavy atom. The highest BCUT2D eigenvalue weighted by Gasteiger charge is 2.16. The van der Waals surface area contributed by atoms with Crippen molar-refractivity contribution in [1.29, 1.82) is 0 Å².